The van der Waals surface area contributed by atoms with Crippen LogP contribution in [0, 0.1) is 5.92 Å². The zero-order valence-corrected chi connectivity index (χ0v) is 23.5. The molecule has 0 saturated carbocycles. The third kappa shape index (κ3) is 6.06. The Balaban J connectivity index is 1.33. The second kappa shape index (κ2) is 12.0. The van der Waals surface area contributed by atoms with Gasteiger partial charge < -0.3 is 20.9 Å². The van der Waals surface area contributed by atoms with Gasteiger partial charge in [0.1, 0.15) is 12.5 Å². The Hall–Kier alpha value is -3.11. The van der Waals surface area contributed by atoms with E-state index in [1.54, 1.807) is 22.3 Å². The molecule has 2 atom stereocenters. The highest BCUT2D eigenvalue weighted by atomic mass is 32.1. The first-order valence-electron chi connectivity index (χ1n) is 13.9. The summed E-state index contributed by atoms with van der Waals surface area (Å²) in [6.45, 7) is 6.62. The van der Waals surface area contributed by atoms with Crippen molar-refractivity contribution in [1.82, 2.24) is 19.8 Å². The van der Waals surface area contributed by atoms with Crippen LogP contribution >= 0.6 is 11.3 Å². The number of nitrogens with one attached hydrogen (secondary N) is 1. The Kier molecular flexibility index (Phi) is 8.42. The first-order chi connectivity index (χ1) is 18.9. The highest BCUT2D eigenvalue weighted by Crippen LogP contribution is 2.38. The molecular formula is C29H37FN6O2S. The van der Waals surface area contributed by atoms with Gasteiger partial charge in [-0.3, -0.25) is 9.59 Å². The fourth-order valence-electron chi connectivity index (χ4n) is 5.78. The maximum atomic E-state index is 13.4. The molecule has 4 heterocycles. The van der Waals surface area contributed by atoms with E-state index >= 15 is 0 Å². The molecule has 2 saturated heterocycles. The fourth-order valence-corrected chi connectivity index (χ4v) is 6.90. The largest absolute Gasteiger partial charge is 0.383 e. The lowest BCUT2D eigenvalue weighted by molar-refractivity contribution is -0.146. The molecule has 5 rings (SSSR count). The predicted molar refractivity (Wildman–Crippen MR) is 154 cm³/mol. The van der Waals surface area contributed by atoms with Crippen molar-refractivity contribution >= 4 is 44.9 Å². The topological polar surface area (TPSA) is 104 Å². The van der Waals surface area contributed by atoms with Gasteiger partial charge in [0.2, 0.25) is 0 Å². The minimum absolute atomic E-state index is 0.186. The summed E-state index contributed by atoms with van der Waals surface area (Å²) < 4.78 is 13.8. The number of nitrogens with two attached hydrogens (primary N) is 1. The van der Waals surface area contributed by atoms with E-state index in [4.69, 9.17) is 10.7 Å². The molecular weight excluding hydrogens is 515 g/mol. The van der Waals surface area contributed by atoms with Crippen molar-refractivity contribution in [2.75, 3.05) is 43.9 Å². The van der Waals surface area contributed by atoms with Crippen LogP contribution in [0.15, 0.2) is 30.5 Å². The molecule has 0 bridgehead atoms. The van der Waals surface area contributed by atoms with Crippen LogP contribution in [-0.2, 0) is 16.0 Å². The quantitative estimate of drug-likeness (QED) is 0.421. The Morgan fingerprint density at radius 1 is 1.18 bits per heavy atom. The SMILES string of the molecule is CCc1cc(NC(=O)C(=O)N2C[C@@H](C)CCC2c2ccc3sc(C4CCN(CCF)CC4)nc3c2)cnc1N. The van der Waals surface area contributed by atoms with Crippen molar-refractivity contribution in [2.24, 2.45) is 5.92 Å². The van der Waals surface area contributed by atoms with Crippen LogP contribution in [-0.4, -0.2) is 64.4 Å². The van der Waals surface area contributed by atoms with E-state index in [2.05, 4.69) is 40.3 Å². The Bertz CT molecular complexity index is 1340. The highest BCUT2D eigenvalue weighted by Gasteiger charge is 2.34. The third-order valence-corrected chi connectivity index (χ3v) is 9.26. The number of carbonyl (C=O) groups excluding carboxylic acids is 2. The number of anilines is 2. The van der Waals surface area contributed by atoms with Gasteiger partial charge in [-0.15, -0.1) is 11.3 Å². The minimum Gasteiger partial charge on any atom is -0.383 e. The number of aryl methyl sites for hydroxylation is 1. The summed E-state index contributed by atoms with van der Waals surface area (Å²) in [5, 5.41) is 3.86. The Morgan fingerprint density at radius 2 is 1.97 bits per heavy atom. The summed E-state index contributed by atoms with van der Waals surface area (Å²) in [5.74, 6) is -0.0789. The van der Waals surface area contributed by atoms with Gasteiger partial charge in [0.25, 0.3) is 0 Å². The lowest BCUT2D eigenvalue weighted by Gasteiger charge is -2.38. The minimum atomic E-state index is -0.668. The Morgan fingerprint density at radius 3 is 2.72 bits per heavy atom. The number of rotatable bonds is 6. The van der Waals surface area contributed by atoms with Crippen LogP contribution < -0.4 is 11.1 Å². The molecule has 2 amide bonds. The van der Waals surface area contributed by atoms with E-state index in [1.165, 1.54) is 6.20 Å². The van der Waals surface area contributed by atoms with Crippen LogP contribution in [0.5, 0.6) is 0 Å². The molecule has 208 valence electrons. The van der Waals surface area contributed by atoms with Crippen molar-refractivity contribution in [1.29, 1.82) is 0 Å². The monoisotopic (exact) mass is 552 g/mol. The van der Waals surface area contributed by atoms with E-state index in [9.17, 15) is 14.0 Å². The van der Waals surface area contributed by atoms with Gasteiger partial charge >= 0.3 is 11.8 Å². The van der Waals surface area contributed by atoms with Crippen LogP contribution in [0.4, 0.5) is 15.9 Å². The number of nitrogen functional groups attached to an aromatic ring is 1. The molecule has 8 nitrogen and oxygen atoms in total. The third-order valence-electron chi connectivity index (χ3n) is 8.06. The van der Waals surface area contributed by atoms with Gasteiger partial charge in [0, 0.05) is 19.0 Å². The van der Waals surface area contributed by atoms with Crippen LogP contribution in [0.3, 0.4) is 0 Å². The lowest BCUT2D eigenvalue weighted by atomic mass is 9.89. The number of nitrogens with zero attached hydrogens (tertiary/aromatic N) is 4. The van der Waals surface area contributed by atoms with Crippen LogP contribution in [0.1, 0.15) is 67.6 Å². The molecule has 0 aliphatic carbocycles. The van der Waals surface area contributed by atoms with Crippen LogP contribution in [0.25, 0.3) is 10.2 Å². The molecule has 2 aliphatic heterocycles. The molecule has 10 heteroatoms. The Labute approximate surface area is 232 Å². The average Bonchev–Trinajstić information content (AvgIpc) is 3.37. The fraction of sp³-hybridized carbons (Fsp3) is 0.517. The van der Waals surface area contributed by atoms with Crippen molar-refractivity contribution in [3.8, 4) is 0 Å². The van der Waals surface area contributed by atoms with E-state index in [1.807, 2.05) is 6.92 Å². The number of hydrogen-bond acceptors (Lipinski definition) is 7. The van der Waals surface area contributed by atoms with Crippen molar-refractivity contribution < 1.29 is 14.0 Å². The van der Waals surface area contributed by atoms with E-state index in [-0.39, 0.29) is 12.7 Å². The summed E-state index contributed by atoms with van der Waals surface area (Å²) in [6.07, 6.45) is 5.92. The molecule has 3 N–H and O–H groups in total. The number of aromatic nitrogens is 2. The number of amides is 2. The first kappa shape index (κ1) is 27.5. The van der Waals surface area contributed by atoms with Crippen LogP contribution in [0.2, 0.25) is 0 Å². The number of thiazole rings is 1. The molecule has 1 unspecified atom stereocenters. The molecule has 2 fully saturated rings. The molecule has 0 spiro atoms. The summed E-state index contributed by atoms with van der Waals surface area (Å²) in [7, 11) is 0. The maximum absolute atomic E-state index is 13.4. The van der Waals surface area contributed by atoms with E-state index in [0.717, 1.165) is 65.1 Å². The second-order valence-corrected chi connectivity index (χ2v) is 11.9. The molecule has 2 aliphatic rings. The highest BCUT2D eigenvalue weighted by molar-refractivity contribution is 7.18. The number of halogens is 1. The first-order valence-corrected chi connectivity index (χ1v) is 14.7. The lowest BCUT2D eigenvalue weighted by Crippen LogP contribution is -2.46. The summed E-state index contributed by atoms with van der Waals surface area (Å²) in [5.41, 5.74) is 9.12. The van der Waals surface area contributed by atoms with Crippen molar-refractivity contribution in [3.05, 3.63) is 46.6 Å². The number of pyridine rings is 1. The smallest absolute Gasteiger partial charge is 0.313 e. The molecule has 2 aromatic heterocycles. The van der Waals surface area contributed by atoms with Gasteiger partial charge in [0.05, 0.1) is 33.2 Å². The van der Waals surface area contributed by atoms with Gasteiger partial charge in [0.15, 0.2) is 0 Å². The van der Waals surface area contributed by atoms with Crippen molar-refractivity contribution in [2.45, 2.75) is 57.9 Å². The summed E-state index contributed by atoms with van der Waals surface area (Å²) in [6, 6.07) is 7.84. The predicted octanol–water partition coefficient (Wildman–Crippen LogP) is 4.92. The normalized spacial score (nSPS) is 20.8. The molecule has 39 heavy (non-hydrogen) atoms. The zero-order valence-electron chi connectivity index (χ0n) is 22.7. The molecule has 1 aromatic carbocycles. The zero-order chi connectivity index (χ0) is 27.5. The standard InChI is InChI=1S/C29H37FN6O2S/c1-3-19-14-22(16-32-26(19)31)33-27(37)29(38)36-17-18(2)4-6-24(36)21-5-7-25-23(15-21)34-28(39-25)20-8-11-35(12-9-20)13-10-30/h5,7,14-16,18,20,24H,3-4,6,8-13,17H2,1-2H3,(H2,31,32)(H,33,37)/t18-,24?/m0/s1. The van der Waals surface area contributed by atoms with Gasteiger partial charge in [-0.25, -0.2) is 14.4 Å². The number of alkyl halides is 1. The van der Waals surface area contributed by atoms with Gasteiger partial charge in [-0.1, -0.05) is 19.9 Å². The van der Waals surface area contributed by atoms with E-state index in [0.29, 0.717) is 42.9 Å². The van der Waals surface area contributed by atoms with Crippen molar-refractivity contribution in [3.63, 3.8) is 0 Å². The number of hydrogen-bond donors (Lipinski definition) is 2. The van der Waals surface area contributed by atoms with E-state index < -0.39 is 11.8 Å². The molecule has 3 aromatic rings. The maximum Gasteiger partial charge on any atom is 0.313 e. The summed E-state index contributed by atoms with van der Waals surface area (Å²) in [4.78, 5) is 39.5. The summed E-state index contributed by atoms with van der Waals surface area (Å²) >= 11 is 1.73. The number of benzene rings is 1. The number of carbonyl (C=O) groups is 2. The molecule has 0 radical (unpaired) electrons. The number of likely N-dealkylation sites (tertiary alicyclic amines) is 2. The number of piperidine rings is 2. The van der Waals surface area contributed by atoms with Gasteiger partial charge in [-0.2, -0.15) is 0 Å². The second-order valence-electron chi connectivity index (χ2n) is 10.8. The van der Waals surface area contributed by atoms with Gasteiger partial charge in [-0.05, 0) is 80.4 Å². The number of fused-ring (bicyclic) bond motifs is 1. The average molecular weight is 553 g/mol.